The van der Waals surface area contributed by atoms with Crippen LogP contribution in [0.5, 0.6) is 0 Å². The number of thiazole rings is 1. The lowest BCUT2D eigenvalue weighted by atomic mass is 10.0. The van der Waals surface area contributed by atoms with E-state index in [4.69, 9.17) is 0 Å². The molecule has 0 atom stereocenters. The maximum Gasteiger partial charge on any atom is 0.212 e. The van der Waals surface area contributed by atoms with Crippen LogP contribution < -0.4 is 0 Å². The topological polar surface area (TPSA) is 30.0 Å². The van der Waals surface area contributed by atoms with Gasteiger partial charge in [0.1, 0.15) is 5.69 Å². The Morgan fingerprint density at radius 2 is 1.89 bits per heavy atom. The number of benzene rings is 2. The molecule has 0 unspecified atom stereocenters. The quantitative estimate of drug-likeness (QED) is 0.649. The van der Waals surface area contributed by atoms with Gasteiger partial charge in [0.15, 0.2) is 0 Å². The van der Waals surface area contributed by atoms with Gasteiger partial charge in [-0.25, -0.2) is 4.98 Å². The summed E-state index contributed by atoms with van der Waals surface area (Å²) < 4.78 is 0. The highest BCUT2D eigenvalue weighted by Crippen LogP contribution is 2.22. The van der Waals surface area contributed by atoms with E-state index in [0.717, 1.165) is 21.3 Å². The molecule has 0 N–H and O–H groups in total. The number of rotatable bonds is 2. The predicted octanol–water partition coefficient (Wildman–Crippen LogP) is 3.84. The molecular weight excluding hydrogens is 242 g/mol. The molecule has 0 aliphatic heterocycles. The van der Waals surface area contributed by atoms with E-state index >= 15 is 0 Å². The van der Waals surface area contributed by atoms with Crippen molar-refractivity contribution in [2.45, 2.75) is 6.92 Å². The highest BCUT2D eigenvalue weighted by Gasteiger charge is 2.14. The molecule has 0 spiro atoms. The molecule has 0 radical (unpaired) electrons. The van der Waals surface area contributed by atoms with Crippen molar-refractivity contribution in [3.05, 3.63) is 64.1 Å². The largest absolute Gasteiger partial charge is 0.287 e. The fourth-order valence-corrected chi connectivity index (χ4v) is 2.62. The first-order chi connectivity index (χ1) is 8.75. The van der Waals surface area contributed by atoms with E-state index < -0.39 is 0 Å². The van der Waals surface area contributed by atoms with Crippen molar-refractivity contribution in [2.75, 3.05) is 0 Å². The molecule has 0 aliphatic carbocycles. The van der Waals surface area contributed by atoms with E-state index in [9.17, 15) is 4.79 Å². The van der Waals surface area contributed by atoms with Crippen molar-refractivity contribution >= 4 is 27.9 Å². The second-order valence-corrected chi connectivity index (χ2v) is 5.17. The molecule has 88 valence electrons. The molecule has 18 heavy (non-hydrogen) atoms. The summed E-state index contributed by atoms with van der Waals surface area (Å²) in [4.78, 5) is 16.7. The van der Waals surface area contributed by atoms with Gasteiger partial charge in [-0.2, -0.15) is 0 Å². The zero-order valence-corrected chi connectivity index (χ0v) is 10.7. The molecule has 3 heteroatoms. The number of fused-ring (bicyclic) bond motifs is 1. The zero-order valence-electron chi connectivity index (χ0n) is 9.88. The number of carbonyl (C=O) groups is 1. The Bertz CT molecular complexity index is 725. The Morgan fingerprint density at radius 1 is 1.11 bits per heavy atom. The molecule has 3 aromatic rings. The van der Waals surface area contributed by atoms with Crippen LogP contribution in [0.15, 0.2) is 47.8 Å². The first-order valence-corrected chi connectivity index (χ1v) is 6.58. The average molecular weight is 253 g/mol. The molecule has 2 nitrogen and oxygen atoms in total. The Kier molecular flexibility index (Phi) is 2.68. The monoisotopic (exact) mass is 253 g/mol. The van der Waals surface area contributed by atoms with Crippen molar-refractivity contribution in [1.82, 2.24) is 4.98 Å². The lowest BCUT2D eigenvalue weighted by molar-refractivity contribution is 0.103. The van der Waals surface area contributed by atoms with E-state index in [0.29, 0.717) is 5.69 Å². The number of nitrogens with zero attached hydrogens (tertiary/aromatic N) is 1. The van der Waals surface area contributed by atoms with Crippen LogP contribution in [0.2, 0.25) is 0 Å². The second-order valence-electron chi connectivity index (χ2n) is 4.11. The smallest absolute Gasteiger partial charge is 0.212 e. The summed E-state index contributed by atoms with van der Waals surface area (Å²) in [6, 6.07) is 13.7. The fraction of sp³-hybridized carbons (Fsp3) is 0.0667. The molecule has 0 saturated carbocycles. The fourth-order valence-electron chi connectivity index (χ4n) is 2.03. The third-order valence-corrected chi connectivity index (χ3v) is 3.66. The predicted molar refractivity (Wildman–Crippen MR) is 74.2 cm³/mol. The molecule has 3 rings (SSSR count). The molecule has 0 fully saturated rings. The van der Waals surface area contributed by atoms with Crippen molar-refractivity contribution in [3.63, 3.8) is 0 Å². The van der Waals surface area contributed by atoms with Gasteiger partial charge >= 0.3 is 0 Å². The maximum absolute atomic E-state index is 12.4. The summed E-state index contributed by atoms with van der Waals surface area (Å²) in [5.41, 5.74) is 1.26. The highest BCUT2D eigenvalue weighted by molar-refractivity contribution is 7.09. The van der Waals surface area contributed by atoms with Crippen LogP contribution >= 0.6 is 11.3 Å². The average Bonchev–Trinajstić information content (AvgIpc) is 2.84. The molecule has 2 aromatic carbocycles. The normalized spacial score (nSPS) is 10.7. The number of aryl methyl sites for hydroxylation is 1. The number of aromatic nitrogens is 1. The van der Waals surface area contributed by atoms with Crippen molar-refractivity contribution in [2.24, 2.45) is 0 Å². The summed E-state index contributed by atoms with van der Waals surface area (Å²) in [5.74, 6) is -0.00356. The van der Waals surface area contributed by atoms with Gasteiger partial charge in [-0.1, -0.05) is 42.5 Å². The number of hydrogen-bond acceptors (Lipinski definition) is 3. The van der Waals surface area contributed by atoms with Crippen LogP contribution in [0.1, 0.15) is 21.1 Å². The highest BCUT2D eigenvalue weighted by atomic mass is 32.1. The summed E-state index contributed by atoms with van der Waals surface area (Å²) in [7, 11) is 0. The third kappa shape index (κ3) is 1.83. The number of hydrogen-bond donors (Lipinski definition) is 0. The Labute approximate surface area is 109 Å². The van der Waals surface area contributed by atoms with Crippen molar-refractivity contribution < 1.29 is 4.79 Å². The van der Waals surface area contributed by atoms with Gasteiger partial charge in [-0.15, -0.1) is 11.3 Å². The number of ketones is 1. The van der Waals surface area contributed by atoms with E-state index in [1.54, 1.807) is 0 Å². The molecule has 1 aromatic heterocycles. The van der Waals surface area contributed by atoms with Gasteiger partial charge in [0, 0.05) is 10.9 Å². The standard InChI is InChI=1S/C15H11NOS/c1-10-16-14(9-18-10)15(17)13-8-4-6-11-5-2-3-7-12(11)13/h2-9H,1H3. The first-order valence-electron chi connectivity index (χ1n) is 5.70. The Balaban J connectivity index is 2.17. The molecule has 0 aliphatic rings. The first kappa shape index (κ1) is 11.1. The van der Waals surface area contributed by atoms with Crippen LogP contribution in [0.3, 0.4) is 0 Å². The van der Waals surface area contributed by atoms with Crippen molar-refractivity contribution in [3.8, 4) is 0 Å². The van der Waals surface area contributed by atoms with Gasteiger partial charge < -0.3 is 0 Å². The van der Waals surface area contributed by atoms with Crippen LogP contribution in [0.4, 0.5) is 0 Å². The van der Waals surface area contributed by atoms with E-state index in [-0.39, 0.29) is 5.78 Å². The van der Waals surface area contributed by atoms with E-state index in [2.05, 4.69) is 4.98 Å². The van der Waals surface area contributed by atoms with E-state index in [1.807, 2.05) is 54.8 Å². The van der Waals surface area contributed by atoms with Gasteiger partial charge in [0.05, 0.1) is 5.01 Å². The van der Waals surface area contributed by atoms with E-state index in [1.165, 1.54) is 11.3 Å². The molecular formula is C15H11NOS. The van der Waals surface area contributed by atoms with Crippen LogP contribution in [-0.4, -0.2) is 10.8 Å². The SMILES string of the molecule is Cc1nc(C(=O)c2cccc3ccccc23)cs1. The summed E-state index contributed by atoms with van der Waals surface area (Å²) >= 11 is 1.50. The van der Waals surface area contributed by atoms with Crippen LogP contribution in [-0.2, 0) is 0 Å². The minimum atomic E-state index is -0.00356. The summed E-state index contributed by atoms with van der Waals surface area (Å²) in [5, 5.41) is 4.80. The minimum Gasteiger partial charge on any atom is -0.287 e. The molecule has 0 amide bonds. The number of carbonyl (C=O) groups excluding carboxylic acids is 1. The maximum atomic E-state index is 12.4. The van der Waals surface area contributed by atoms with Crippen LogP contribution in [0, 0.1) is 6.92 Å². The lowest BCUT2D eigenvalue weighted by Crippen LogP contribution is -2.02. The molecule has 0 bridgehead atoms. The van der Waals surface area contributed by atoms with Gasteiger partial charge in [-0.05, 0) is 17.7 Å². The third-order valence-electron chi connectivity index (χ3n) is 2.89. The zero-order chi connectivity index (χ0) is 12.5. The Hall–Kier alpha value is -2.00. The summed E-state index contributed by atoms with van der Waals surface area (Å²) in [6.45, 7) is 1.91. The van der Waals surface area contributed by atoms with Crippen LogP contribution in [0.25, 0.3) is 10.8 Å². The lowest BCUT2D eigenvalue weighted by Gasteiger charge is -2.03. The molecule has 1 heterocycles. The van der Waals surface area contributed by atoms with Gasteiger partial charge in [0.2, 0.25) is 5.78 Å². The van der Waals surface area contributed by atoms with Gasteiger partial charge in [0.25, 0.3) is 0 Å². The Morgan fingerprint density at radius 3 is 2.67 bits per heavy atom. The minimum absolute atomic E-state index is 0.00356. The summed E-state index contributed by atoms with van der Waals surface area (Å²) in [6.07, 6.45) is 0. The second kappa shape index (κ2) is 4.35. The van der Waals surface area contributed by atoms with Crippen molar-refractivity contribution in [1.29, 1.82) is 0 Å². The molecule has 0 saturated heterocycles. The van der Waals surface area contributed by atoms with Gasteiger partial charge in [-0.3, -0.25) is 4.79 Å².